The zero-order valence-electron chi connectivity index (χ0n) is 14.1. The van der Waals surface area contributed by atoms with Crippen molar-refractivity contribution in [2.75, 3.05) is 26.2 Å². The molecular weight excluding hydrogens is 288 g/mol. The Kier molecular flexibility index (Phi) is 5.21. The summed E-state index contributed by atoms with van der Waals surface area (Å²) in [5, 5.41) is 6.40. The van der Waals surface area contributed by atoms with E-state index in [4.69, 9.17) is 4.74 Å². The molecule has 1 aromatic rings. The Bertz CT molecular complexity index is 521. The normalized spacial score (nSPS) is 21.9. The van der Waals surface area contributed by atoms with Gasteiger partial charge in [-0.1, -0.05) is 25.5 Å². The maximum Gasteiger partial charge on any atom is 0.223 e. The van der Waals surface area contributed by atoms with Crippen LogP contribution in [0.1, 0.15) is 38.2 Å². The molecule has 1 atom stereocenters. The van der Waals surface area contributed by atoms with Crippen molar-refractivity contribution in [1.29, 1.82) is 0 Å². The van der Waals surface area contributed by atoms with Gasteiger partial charge in [-0.2, -0.15) is 0 Å². The third kappa shape index (κ3) is 4.05. The van der Waals surface area contributed by atoms with Gasteiger partial charge < -0.3 is 15.4 Å². The second-order valence-corrected chi connectivity index (χ2v) is 6.90. The number of hydrogen-bond donors (Lipinski definition) is 2. The Hall–Kier alpha value is -1.55. The molecule has 4 nitrogen and oxygen atoms in total. The molecule has 2 fully saturated rings. The number of aryl methyl sites for hydroxylation is 1. The molecule has 1 amide bonds. The average molecular weight is 316 g/mol. The van der Waals surface area contributed by atoms with Gasteiger partial charge in [0.05, 0.1) is 6.54 Å². The lowest BCUT2D eigenvalue weighted by Crippen LogP contribution is -2.35. The topological polar surface area (TPSA) is 50.4 Å². The quantitative estimate of drug-likeness (QED) is 0.760. The van der Waals surface area contributed by atoms with Crippen molar-refractivity contribution < 1.29 is 9.53 Å². The summed E-state index contributed by atoms with van der Waals surface area (Å²) < 4.78 is 5.70. The number of carbonyl (C=O) groups is 1. The van der Waals surface area contributed by atoms with Crippen LogP contribution in [0.25, 0.3) is 0 Å². The van der Waals surface area contributed by atoms with Crippen LogP contribution in [0.15, 0.2) is 24.3 Å². The molecule has 1 saturated carbocycles. The molecule has 1 saturated heterocycles. The van der Waals surface area contributed by atoms with Gasteiger partial charge in [-0.05, 0) is 61.9 Å². The summed E-state index contributed by atoms with van der Waals surface area (Å²) in [5.41, 5.74) is 1.65. The summed E-state index contributed by atoms with van der Waals surface area (Å²) in [4.78, 5) is 12.2. The molecule has 1 aromatic carbocycles. The fraction of sp³-hybridized carbons (Fsp3) is 0.632. The van der Waals surface area contributed by atoms with E-state index in [1.165, 1.54) is 5.56 Å². The molecule has 0 aromatic heterocycles. The molecule has 4 heteroatoms. The number of benzene rings is 1. The van der Waals surface area contributed by atoms with E-state index >= 15 is 0 Å². The van der Waals surface area contributed by atoms with Gasteiger partial charge in [0.2, 0.25) is 5.91 Å². The van der Waals surface area contributed by atoms with Crippen molar-refractivity contribution in [1.82, 2.24) is 10.6 Å². The van der Waals surface area contributed by atoms with Crippen LogP contribution < -0.4 is 15.4 Å². The highest BCUT2D eigenvalue weighted by Gasteiger charge is 2.57. The van der Waals surface area contributed by atoms with Crippen molar-refractivity contribution >= 4 is 5.91 Å². The summed E-state index contributed by atoms with van der Waals surface area (Å²) in [7, 11) is 0. The molecule has 1 spiro atoms. The second-order valence-electron chi connectivity index (χ2n) is 6.90. The number of piperidine rings is 1. The number of carbonyl (C=O) groups excluding carboxylic acids is 1. The lowest BCUT2D eigenvalue weighted by molar-refractivity contribution is -0.123. The van der Waals surface area contributed by atoms with Gasteiger partial charge in [-0.15, -0.1) is 0 Å². The zero-order chi connectivity index (χ0) is 16.1. The summed E-state index contributed by atoms with van der Waals surface area (Å²) in [6, 6.07) is 8.25. The van der Waals surface area contributed by atoms with Crippen molar-refractivity contribution in [3.05, 3.63) is 29.8 Å². The van der Waals surface area contributed by atoms with E-state index in [0.29, 0.717) is 18.6 Å². The molecule has 23 heavy (non-hydrogen) atoms. The number of ether oxygens (including phenoxy) is 1. The second kappa shape index (κ2) is 7.35. The first-order valence-corrected chi connectivity index (χ1v) is 8.94. The fourth-order valence-corrected chi connectivity index (χ4v) is 3.70. The van der Waals surface area contributed by atoms with Crippen LogP contribution in [0.5, 0.6) is 5.75 Å². The summed E-state index contributed by atoms with van der Waals surface area (Å²) >= 11 is 0. The predicted molar refractivity (Wildman–Crippen MR) is 91.6 cm³/mol. The van der Waals surface area contributed by atoms with Gasteiger partial charge in [0.1, 0.15) is 12.4 Å². The van der Waals surface area contributed by atoms with E-state index in [0.717, 1.165) is 50.9 Å². The first-order valence-electron chi connectivity index (χ1n) is 8.94. The number of rotatable bonds is 7. The van der Waals surface area contributed by atoms with Crippen LogP contribution in [0.3, 0.4) is 0 Å². The minimum Gasteiger partial charge on any atom is -0.492 e. The Morgan fingerprint density at radius 2 is 2.04 bits per heavy atom. The third-order valence-corrected chi connectivity index (χ3v) is 5.24. The summed E-state index contributed by atoms with van der Waals surface area (Å²) in [5.74, 6) is 1.33. The Morgan fingerprint density at radius 1 is 1.30 bits per heavy atom. The minimum absolute atomic E-state index is 0.216. The molecular formula is C19H28N2O2. The number of nitrogens with one attached hydrogen (secondary N) is 2. The largest absolute Gasteiger partial charge is 0.492 e. The predicted octanol–water partition coefficient (Wildman–Crippen LogP) is 2.52. The molecule has 1 heterocycles. The summed E-state index contributed by atoms with van der Waals surface area (Å²) in [6.07, 6.45) is 5.62. The zero-order valence-corrected chi connectivity index (χ0v) is 14.1. The molecule has 1 aliphatic heterocycles. The fourth-order valence-electron chi connectivity index (χ4n) is 3.70. The minimum atomic E-state index is 0.216. The third-order valence-electron chi connectivity index (χ3n) is 5.24. The first kappa shape index (κ1) is 16.3. The van der Waals surface area contributed by atoms with E-state index in [2.05, 4.69) is 29.7 Å². The number of amides is 1. The molecule has 3 rings (SSSR count). The van der Waals surface area contributed by atoms with Crippen LogP contribution in [0, 0.1) is 11.3 Å². The van der Waals surface area contributed by atoms with Crippen LogP contribution in [-0.2, 0) is 11.2 Å². The lowest BCUT2D eigenvalue weighted by atomic mass is 9.92. The van der Waals surface area contributed by atoms with Gasteiger partial charge in [-0.3, -0.25) is 4.79 Å². The van der Waals surface area contributed by atoms with Crippen LogP contribution in [0.2, 0.25) is 0 Å². The van der Waals surface area contributed by atoms with Crippen molar-refractivity contribution in [3.63, 3.8) is 0 Å². The molecule has 2 aliphatic rings. The van der Waals surface area contributed by atoms with Crippen LogP contribution in [-0.4, -0.2) is 32.1 Å². The van der Waals surface area contributed by atoms with E-state index in [1.54, 1.807) is 0 Å². The highest BCUT2D eigenvalue weighted by Crippen LogP contribution is 2.58. The maximum absolute atomic E-state index is 12.2. The van der Waals surface area contributed by atoms with E-state index < -0.39 is 0 Å². The summed E-state index contributed by atoms with van der Waals surface area (Å²) in [6.45, 7) is 5.41. The van der Waals surface area contributed by atoms with Gasteiger partial charge in [0.25, 0.3) is 0 Å². The molecule has 2 N–H and O–H groups in total. The Balaban J connectivity index is 1.34. The molecule has 0 bridgehead atoms. The highest BCUT2D eigenvalue weighted by molar-refractivity contribution is 5.82. The standard InChI is InChI=1S/C19H28N2O2/c1-2-3-15-4-6-16(7-5-15)23-13-12-21-18(22)17-14-19(17)8-10-20-11-9-19/h4-7,17,20H,2-3,8-14H2,1H3,(H,21,22)/t17-/m1/s1. The van der Waals surface area contributed by atoms with Crippen molar-refractivity contribution in [2.45, 2.75) is 39.0 Å². The van der Waals surface area contributed by atoms with Gasteiger partial charge >= 0.3 is 0 Å². The van der Waals surface area contributed by atoms with Crippen LogP contribution >= 0.6 is 0 Å². The lowest BCUT2D eigenvalue weighted by Gasteiger charge is -2.23. The number of hydrogen-bond acceptors (Lipinski definition) is 3. The van der Waals surface area contributed by atoms with E-state index in [9.17, 15) is 4.79 Å². The molecule has 0 radical (unpaired) electrons. The Morgan fingerprint density at radius 3 is 2.74 bits per heavy atom. The van der Waals surface area contributed by atoms with E-state index in [1.807, 2.05) is 12.1 Å². The van der Waals surface area contributed by atoms with E-state index in [-0.39, 0.29) is 11.8 Å². The highest BCUT2D eigenvalue weighted by atomic mass is 16.5. The van der Waals surface area contributed by atoms with Gasteiger partial charge in [0.15, 0.2) is 0 Å². The SMILES string of the molecule is CCCc1ccc(OCCNC(=O)[C@H]2CC23CCNCC3)cc1. The molecule has 126 valence electrons. The Labute approximate surface area is 139 Å². The van der Waals surface area contributed by atoms with Crippen LogP contribution in [0.4, 0.5) is 0 Å². The van der Waals surface area contributed by atoms with Gasteiger partial charge in [0, 0.05) is 5.92 Å². The first-order chi connectivity index (χ1) is 11.2. The smallest absolute Gasteiger partial charge is 0.223 e. The maximum atomic E-state index is 12.2. The molecule has 1 aliphatic carbocycles. The average Bonchev–Trinajstić information content (AvgIpc) is 3.27. The van der Waals surface area contributed by atoms with Crippen molar-refractivity contribution in [3.8, 4) is 5.75 Å². The van der Waals surface area contributed by atoms with Crippen molar-refractivity contribution in [2.24, 2.45) is 11.3 Å². The monoisotopic (exact) mass is 316 g/mol. The molecule has 0 unspecified atom stereocenters. The van der Waals surface area contributed by atoms with Gasteiger partial charge in [-0.25, -0.2) is 0 Å².